The molecule has 0 atom stereocenters. The van der Waals surface area contributed by atoms with Gasteiger partial charge in [-0.1, -0.05) is 11.6 Å². The fourth-order valence-electron chi connectivity index (χ4n) is 0.586. The largest absolute Gasteiger partial charge is 0.398 e. The predicted octanol–water partition coefficient (Wildman–Crippen LogP) is 2.11. The van der Waals surface area contributed by atoms with Gasteiger partial charge in [0.2, 0.25) is 0 Å². The van der Waals surface area contributed by atoms with Gasteiger partial charge >= 0.3 is 0 Å². The van der Waals surface area contributed by atoms with Crippen LogP contribution in [0.1, 0.15) is 0 Å². The summed E-state index contributed by atoms with van der Waals surface area (Å²) in [6, 6.07) is 3.43. The topological polar surface area (TPSA) is 52.0 Å². The lowest BCUT2D eigenvalue weighted by molar-refractivity contribution is 1.61. The van der Waals surface area contributed by atoms with Gasteiger partial charge in [-0.15, -0.1) is 0 Å². The number of nitrogen functional groups attached to an aromatic ring is 2. The van der Waals surface area contributed by atoms with Crippen LogP contribution in [0.5, 0.6) is 0 Å². The molecule has 0 aliphatic rings. The minimum atomic E-state index is 0.554. The van der Waals surface area contributed by atoms with Gasteiger partial charge in [0.1, 0.15) is 0 Å². The number of nitrogens with two attached hydrogens (primary N) is 2. The first-order chi connectivity index (χ1) is 4.63. The fourth-order valence-corrected chi connectivity index (χ4v) is 1.37. The van der Waals surface area contributed by atoms with Gasteiger partial charge in [-0.05, 0) is 34.7 Å². The average molecular weight is 268 g/mol. The molecule has 0 spiro atoms. The monoisotopic (exact) mass is 268 g/mol. The average Bonchev–Trinajstić information content (AvgIpc) is 1.93. The summed E-state index contributed by atoms with van der Waals surface area (Å²) in [4.78, 5) is 0. The van der Waals surface area contributed by atoms with Gasteiger partial charge in [-0.3, -0.25) is 0 Å². The molecule has 1 rings (SSSR count). The quantitative estimate of drug-likeness (QED) is 0.559. The molecule has 0 fully saturated rings. The molecular formula is C6H6ClIN2. The second-order valence-corrected chi connectivity index (χ2v) is 3.35. The molecule has 1 aromatic carbocycles. The minimum absolute atomic E-state index is 0.554. The smallest absolute Gasteiger partial charge is 0.0660 e. The number of hydrogen-bond acceptors (Lipinski definition) is 2. The summed E-state index contributed by atoms with van der Waals surface area (Å²) in [5.41, 5.74) is 12.3. The van der Waals surface area contributed by atoms with Crippen molar-refractivity contribution < 1.29 is 0 Å². The van der Waals surface area contributed by atoms with Gasteiger partial charge in [0.25, 0.3) is 0 Å². The molecule has 4 heteroatoms. The highest BCUT2D eigenvalue weighted by Crippen LogP contribution is 2.28. The Morgan fingerprint density at radius 2 is 1.90 bits per heavy atom. The maximum absolute atomic E-state index is 5.70. The molecule has 0 unspecified atom stereocenters. The molecule has 0 saturated carbocycles. The van der Waals surface area contributed by atoms with Crippen molar-refractivity contribution in [2.45, 2.75) is 0 Å². The first-order valence-corrected chi connectivity index (χ1v) is 4.07. The summed E-state index contributed by atoms with van der Waals surface area (Å²) in [5.74, 6) is 0. The standard InChI is InChI=1S/C6H6ClIN2/c7-3-1-2-4(9)5(8)6(3)10/h1-2H,9-10H2. The van der Waals surface area contributed by atoms with Gasteiger partial charge in [0, 0.05) is 5.69 Å². The molecule has 0 radical (unpaired) electrons. The Balaban J connectivity index is 3.34. The molecular weight excluding hydrogens is 262 g/mol. The molecule has 0 heterocycles. The van der Waals surface area contributed by atoms with E-state index >= 15 is 0 Å². The highest BCUT2D eigenvalue weighted by Gasteiger charge is 2.02. The van der Waals surface area contributed by atoms with Crippen LogP contribution in [-0.2, 0) is 0 Å². The molecule has 1 aromatic rings. The third-order valence-electron chi connectivity index (χ3n) is 1.16. The molecule has 0 aliphatic heterocycles. The van der Waals surface area contributed by atoms with Gasteiger partial charge in [0.05, 0.1) is 14.3 Å². The van der Waals surface area contributed by atoms with Crippen LogP contribution in [0.15, 0.2) is 12.1 Å². The van der Waals surface area contributed by atoms with Crippen LogP contribution in [-0.4, -0.2) is 0 Å². The summed E-state index contributed by atoms with van der Waals surface area (Å²) >= 11 is 7.76. The lowest BCUT2D eigenvalue weighted by Gasteiger charge is -2.02. The van der Waals surface area contributed by atoms with E-state index in [2.05, 4.69) is 22.6 Å². The Bertz CT molecular complexity index is 235. The molecule has 0 bridgehead atoms. The van der Waals surface area contributed by atoms with Crippen molar-refractivity contribution in [2.75, 3.05) is 11.5 Å². The van der Waals surface area contributed by atoms with Crippen molar-refractivity contribution in [2.24, 2.45) is 0 Å². The lowest BCUT2D eigenvalue weighted by atomic mass is 10.3. The van der Waals surface area contributed by atoms with Crippen LogP contribution in [0.2, 0.25) is 5.02 Å². The second kappa shape index (κ2) is 2.84. The van der Waals surface area contributed by atoms with Crippen molar-refractivity contribution >= 4 is 45.6 Å². The Morgan fingerprint density at radius 3 is 2.40 bits per heavy atom. The van der Waals surface area contributed by atoms with Gasteiger partial charge < -0.3 is 11.5 Å². The predicted molar refractivity (Wildman–Crippen MR) is 53.0 cm³/mol. The fraction of sp³-hybridized carbons (Fsp3) is 0. The van der Waals surface area contributed by atoms with E-state index in [1.807, 2.05) is 0 Å². The van der Waals surface area contributed by atoms with Crippen molar-refractivity contribution in [3.8, 4) is 0 Å². The van der Waals surface area contributed by atoms with Crippen LogP contribution < -0.4 is 11.5 Å². The Morgan fingerprint density at radius 1 is 1.30 bits per heavy atom. The Hall–Kier alpha value is -0.160. The molecule has 10 heavy (non-hydrogen) atoms. The van der Waals surface area contributed by atoms with E-state index in [4.69, 9.17) is 23.1 Å². The summed E-state index contributed by atoms with van der Waals surface area (Å²) in [6.07, 6.45) is 0. The summed E-state index contributed by atoms with van der Waals surface area (Å²) in [6.45, 7) is 0. The van der Waals surface area contributed by atoms with Crippen LogP contribution >= 0.6 is 34.2 Å². The molecule has 0 aromatic heterocycles. The Labute approximate surface area is 77.7 Å². The molecule has 0 saturated heterocycles. The Kier molecular flexibility index (Phi) is 2.25. The molecule has 0 aliphatic carbocycles. The molecule has 0 amide bonds. The van der Waals surface area contributed by atoms with E-state index in [-0.39, 0.29) is 0 Å². The third kappa shape index (κ3) is 1.29. The molecule has 4 N–H and O–H groups in total. The van der Waals surface area contributed by atoms with Gasteiger partial charge in [0.15, 0.2) is 0 Å². The van der Waals surface area contributed by atoms with Crippen LogP contribution in [0.4, 0.5) is 11.4 Å². The number of rotatable bonds is 0. The zero-order valence-corrected chi connectivity index (χ0v) is 7.98. The van der Waals surface area contributed by atoms with E-state index in [0.717, 1.165) is 3.57 Å². The number of halogens is 2. The highest BCUT2D eigenvalue weighted by molar-refractivity contribution is 14.1. The number of anilines is 2. The van der Waals surface area contributed by atoms with E-state index in [9.17, 15) is 0 Å². The summed E-state index contributed by atoms with van der Waals surface area (Å²) in [5, 5.41) is 0.554. The number of hydrogen-bond donors (Lipinski definition) is 2. The van der Waals surface area contributed by atoms with Crippen molar-refractivity contribution in [1.82, 2.24) is 0 Å². The molecule has 2 nitrogen and oxygen atoms in total. The first kappa shape index (κ1) is 7.94. The summed E-state index contributed by atoms with van der Waals surface area (Å²) in [7, 11) is 0. The second-order valence-electron chi connectivity index (χ2n) is 1.86. The van der Waals surface area contributed by atoms with Crippen molar-refractivity contribution in [3.63, 3.8) is 0 Å². The van der Waals surface area contributed by atoms with Crippen LogP contribution in [0.3, 0.4) is 0 Å². The first-order valence-electron chi connectivity index (χ1n) is 2.62. The van der Waals surface area contributed by atoms with E-state index < -0.39 is 0 Å². The molecule has 54 valence electrons. The van der Waals surface area contributed by atoms with Crippen molar-refractivity contribution in [1.29, 1.82) is 0 Å². The summed E-state index contributed by atoms with van der Waals surface area (Å²) < 4.78 is 0.824. The minimum Gasteiger partial charge on any atom is -0.398 e. The third-order valence-corrected chi connectivity index (χ3v) is 2.69. The zero-order chi connectivity index (χ0) is 7.72. The number of benzene rings is 1. The van der Waals surface area contributed by atoms with E-state index in [1.165, 1.54) is 0 Å². The lowest BCUT2D eigenvalue weighted by Crippen LogP contribution is -1.95. The van der Waals surface area contributed by atoms with Crippen LogP contribution in [0, 0.1) is 3.57 Å². The van der Waals surface area contributed by atoms with Crippen LogP contribution in [0.25, 0.3) is 0 Å². The maximum atomic E-state index is 5.70. The van der Waals surface area contributed by atoms with Crippen molar-refractivity contribution in [3.05, 3.63) is 20.7 Å². The highest BCUT2D eigenvalue weighted by atomic mass is 127. The maximum Gasteiger partial charge on any atom is 0.0660 e. The van der Waals surface area contributed by atoms with Gasteiger partial charge in [-0.25, -0.2) is 0 Å². The van der Waals surface area contributed by atoms with E-state index in [0.29, 0.717) is 16.4 Å². The van der Waals surface area contributed by atoms with E-state index in [1.54, 1.807) is 12.1 Å². The SMILES string of the molecule is Nc1ccc(Cl)c(N)c1I. The zero-order valence-electron chi connectivity index (χ0n) is 5.07. The van der Waals surface area contributed by atoms with Gasteiger partial charge in [-0.2, -0.15) is 0 Å². The normalized spacial score (nSPS) is 9.80.